The first-order chi connectivity index (χ1) is 8.29. The SMILES string of the molecule is NCc1cc(C(=O)Nc2cncnc2)ccn1. The number of hydrogen-bond acceptors (Lipinski definition) is 5. The molecule has 0 fully saturated rings. The summed E-state index contributed by atoms with van der Waals surface area (Å²) in [6.45, 7) is 0.301. The number of nitrogens with one attached hydrogen (secondary N) is 1. The highest BCUT2D eigenvalue weighted by molar-refractivity contribution is 6.04. The van der Waals surface area contributed by atoms with Crippen molar-refractivity contribution in [2.45, 2.75) is 6.54 Å². The lowest BCUT2D eigenvalue weighted by Crippen LogP contribution is -2.13. The summed E-state index contributed by atoms with van der Waals surface area (Å²) < 4.78 is 0. The molecule has 2 aromatic heterocycles. The summed E-state index contributed by atoms with van der Waals surface area (Å²) in [4.78, 5) is 23.5. The standard InChI is InChI=1S/C11H11N5O/c12-4-9-3-8(1-2-15-9)11(17)16-10-5-13-7-14-6-10/h1-3,5-7H,4,12H2,(H,16,17). The third kappa shape index (κ3) is 2.82. The molecule has 0 saturated heterocycles. The van der Waals surface area contributed by atoms with Crippen molar-refractivity contribution in [2.75, 3.05) is 5.32 Å². The summed E-state index contributed by atoms with van der Waals surface area (Å²) in [6, 6.07) is 3.28. The summed E-state index contributed by atoms with van der Waals surface area (Å²) >= 11 is 0. The molecule has 1 amide bonds. The number of amides is 1. The summed E-state index contributed by atoms with van der Waals surface area (Å²) in [5.74, 6) is -0.239. The Hall–Kier alpha value is -2.34. The van der Waals surface area contributed by atoms with Crippen LogP contribution in [0.15, 0.2) is 37.1 Å². The van der Waals surface area contributed by atoms with Crippen LogP contribution in [0.2, 0.25) is 0 Å². The van der Waals surface area contributed by atoms with Crippen molar-refractivity contribution in [1.29, 1.82) is 0 Å². The van der Waals surface area contributed by atoms with E-state index in [4.69, 9.17) is 5.73 Å². The first-order valence-corrected chi connectivity index (χ1v) is 5.01. The highest BCUT2D eigenvalue weighted by atomic mass is 16.1. The van der Waals surface area contributed by atoms with E-state index in [1.54, 1.807) is 18.3 Å². The maximum Gasteiger partial charge on any atom is 0.255 e. The molecule has 0 aliphatic carbocycles. The lowest BCUT2D eigenvalue weighted by molar-refractivity contribution is 0.102. The Morgan fingerprint density at radius 2 is 2.12 bits per heavy atom. The van der Waals surface area contributed by atoms with Crippen molar-refractivity contribution in [3.63, 3.8) is 0 Å². The van der Waals surface area contributed by atoms with Gasteiger partial charge >= 0.3 is 0 Å². The lowest BCUT2D eigenvalue weighted by Gasteiger charge is -2.04. The molecule has 2 heterocycles. The normalized spacial score (nSPS) is 9.94. The van der Waals surface area contributed by atoms with Gasteiger partial charge in [0.2, 0.25) is 0 Å². The molecule has 0 aliphatic rings. The number of aromatic nitrogens is 3. The second kappa shape index (κ2) is 5.13. The molecule has 0 aliphatic heterocycles. The second-order valence-corrected chi connectivity index (χ2v) is 3.32. The van der Waals surface area contributed by atoms with E-state index in [9.17, 15) is 4.79 Å². The van der Waals surface area contributed by atoms with Crippen LogP contribution in [0.4, 0.5) is 5.69 Å². The molecule has 0 aromatic carbocycles. The molecule has 6 heteroatoms. The number of pyridine rings is 1. The van der Waals surface area contributed by atoms with Crippen LogP contribution >= 0.6 is 0 Å². The first-order valence-electron chi connectivity index (χ1n) is 5.01. The molecule has 0 saturated carbocycles. The number of anilines is 1. The van der Waals surface area contributed by atoms with Crippen molar-refractivity contribution in [2.24, 2.45) is 5.73 Å². The minimum Gasteiger partial charge on any atom is -0.325 e. The van der Waals surface area contributed by atoms with Gasteiger partial charge in [-0.1, -0.05) is 0 Å². The van der Waals surface area contributed by atoms with Gasteiger partial charge < -0.3 is 11.1 Å². The van der Waals surface area contributed by atoms with E-state index in [0.717, 1.165) is 0 Å². The van der Waals surface area contributed by atoms with Crippen LogP contribution in [-0.4, -0.2) is 20.9 Å². The van der Waals surface area contributed by atoms with Gasteiger partial charge in [0.25, 0.3) is 5.91 Å². The quantitative estimate of drug-likeness (QED) is 0.803. The van der Waals surface area contributed by atoms with Gasteiger partial charge in [-0.3, -0.25) is 9.78 Å². The molecule has 0 unspecified atom stereocenters. The van der Waals surface area contributed by atoms with Crippen LogP contribution in [0.3, 0.4) is 0 Å². The predicted octanol–water partition coefficient (Wildman–Crippen LogP) is 0.583. The number of carbonyl (C=O) groups is 1. The zero-order valence-corrected chi connectivity index (χ0v) is 9.00. The zero-order valence-electron chi connectivity index (χ0n) is 9.00. The van der Waals surface area contributed by atoms with Gasteiger partial charge in [0.1, 0.15) is 6.33 Å². The van der Waals surface area contributed by atoms with Crippen molar-refractivity contribution < 1.29 is 4.79 Å². The highest BCUT2D eigenvalue weighted by Crippen LogP contribution is 2.06. The largest absolute Gasteiger partial charge is 0.325 e. The number of nitrogens with two attached hydrogens (primary N) is 1. The van der Waals surface area contributed by atoms with Crippen molar-refractivity contribution in [3.8, 4) is 0 Å². The molecule has 17 heavy (non-hydrogen) atoms. The van der Waals surface area contributed by atoms with Crippen molar-refractivity contribution in [1.82, 2.24) is 15.0 Å². The lowest BCUT2D eigenvalue weighted by atomic mass is 10.2. The molecule has 3 N–H and O–H groups in total. The van der Waals surface area contributed by atoms with Crippen LogP contribution < -0.4 is 11.1 Å². The Kier molecular flexibility index (Phi) is 3.37. The third-order valence-corrected chi connectivity index (χ3v) is 2.11. The topological polar surface area (TPSA) is 93.8 Å². The minimum absolute atomic E-state index is 0.239. The van der Waals surface area contributed by atoms with E-state index < -0.39 is 0 Å². The Morgan fingerprint density at radius 1 is 1.35 bits per heavy atom. The Morgan fingerprint density at radius 3 is 2.82 bits per heavy atom. The van der Waals surface area contributed by atoms with E-state index >= 15 is 0 Å². The monoisotopic (exact) mass is 229 g/mol. The summed E-state index contributed by atoms with van der Waals surface area (Å²) in [7, 11) is 0. The van der Waals surface area contributed by atoms with Gasteiger partial charge in [0.15, 0.2) is 0 Å². The number of nitrogens with zero attached hydrogens (tertiary/aromatic N) is 3. The summed E-state index contributed by atoms with van der Waals surface area (Å²) in [6.07, 6.45) is 6.00. The van der Waals surface area contributed by atoms with E-state index in [1.807, 2.05) is 0 Å². The van der Waals surface area contributed by atoms with Crippen molar-refractivity contribution in [3.05, 3.63) is 48.3 Å². The van der Waals surface area contributed by atoms with Crippen LogP contribution in [0.5, 0.6) is 0 Å². The van der Waals surface area contributed by atoms with Crippen LogP contribution in [0.1, 0.15) is 16.1 Å². The summed E-state index contributed by atoms with van der Waals surface area (Å²) in [5.41, 5.74) is 7.17. The molecule has 0 atom stereocenters. The Bertz CT molecular complexity index is 514. The highest BCUT2D eigenvalue weighted by Gasteiger charge is 2.06. The van der Waals surface area contributed by atoms with Crippen molar-refractivity contribution >= 4 is 11.6 Å². The molecule has 86 valence electrons. The molecule has 0 spiro atoms. The Balaban J connectivity index is 2.14. The molecule has 2 aromatic rings. The average Bonchev–Trinajstić information content (AvgIpc) is 2.40. The third-order valence-electron chi connectivity index (χ3n) is 2.11. The van der Waals surface area contributed by atoms with E-state index in [1.165, 1.54) is 18.7 Å². The van der Waals surface area contributed by atoms with Crippen LogP contribution in [-0.2, 0) is 6.54 Å². The van der Waals surface area contributed by atoms with Crippen LogP contribution in [0, 0.1) is 0 Å². The van der Waals surface area contributed by atoms with Gasteiger partial charge in [-0.15, -0.1) is 0 Å². The maximum absolute atomic E-state index is 11.8. The van der Waals surface area contributed by atoms with Crippen LogP contribution in [0.25, 0.3) is 0 Å². The number of carbonyl (C=O) groups excluding carboxylic acids is 1. The van der Waals surface area contributed by atoms with Gasteiger partial charge in [-0.05, 0) is 12.1 Å². The fourth-order valence-electron chi connectivity index (χ4n) is 1.30. The van der Waals surface area contributed by atoms with E-state index in [0.29, 0.717) is 23.5 Å². The smallest absolute Gasteiger partial charge is 0.255 e. The van der Waals surface area contributed by atoms with Gasteiger partial charge in [-0.25, -0.2) is 9.97 Å². The predicted molar refractivity (Wildman–Crippen MR) is 62.1 cm³/mol. The van der Waals surface area contributed by atoms with Gasteiger partial charge in [-0.2, -0.15) is 0 Å². The molecular weight excluding hydrogens is 218 g/mol. The first kappa shape index (κ1) is 11.2. The molecule has 0 bridgehead atoms. The fourth-order valence-corrected chi connectivity index (χ4v) is 1.30. The second-order valence-electron chi connectivity index (χ2n) is 3.32. The Labute approximate surface area is 97.9 Å². The number of hydrogen-bond donors (Lipinski definition) is 2. The van der Waals surface area contributed by atoms with Gasteiger partial charge in [0, 0.05) is 18.3 Å². The number of rotatable bonds is 3. The fraction of sp³-hybridized carbons (Fsp3) is 0.0909. The summed E-state index contributed by atoms with van der Waals surface area (Å²) in [5, 5.41) is 2.68. The molecule has 0 radical (unpaired) electrons. The average molecular weight is 229 g/mol. The van der Waals surface area contributed by atoms with Gasteiger partial charge in [0.05, 0.1) is 23.8 Å². The maximum atomic E-state index is 11.8. The van der Waals surface area contributed by atoms with E-state index in [-0.39, 0.29) is 5.91 Å². The minimum atomic E-state index is -0.239. The molecule has 6 nitrogen and oxygen atoms in total. The molecule has 2 rings (SSSR count). The molecular formula is C11H11N5O. The van der Waals surface area contributed by atoms with E-state index in [2.05, 4.69) is 20.3 Å². The zero-order chi connectivity index (χ0) is 12.1.